The molecule has 0 atom stereocenters. The molecule has 1 aromatic heterocycles. The molecule has 1 aliphatic rings. The standard InChI is InChI=1S/C18H23N3O2S.2ClH/c19-9-4-12-23-15-7-10-21(11-8-15)18(22)16-13-20-17(24-16)14-5-2-1-3-6-14;;/h1-3,5-6,13,15H,4,7-12,19H2;2*1H. The van der Waals surface area contributed by atoms with Crippen LogP contribution in [0.5, 0.6) is 0 Å². The minimum Gasteiger partial charge on any atom is -0.378 e. The number of benzene rings is 1. The number of likely N-dealkylation sites (tertiary alicyclic amines) is 1. The molecule has 1 amide bonds. The Morgan fingerprint density at radius 2 is 1.92 bits per heavy atom. The predicted molar refractivity (Wildman–Crippen MR) is 111 cm³/mol. The van der Waals surface area contributed by atoms with E-state index >= 15 is 0 Å². The maximum absolute atomic E-state index is 12.7. The van der Waals surface area contributed by atoms with Crippen LogP contribution in [-0.2, 0) is 4.74 Å². The van der Waals surface area contributed by atoms with Crippen LogP contribution >= 0.6 is 36.2 Å². The van der Waals surface area contributed by atoms with Crippen LogP contribution < -0.4 is 5.73 Å². The van der Waals surface area contributed by atoms with Crippen molar-refractivity contribution in [1.29, 1.82) is 0 Å². The van der Waals surface area contributed by atoms with E-state index in [9.17, 15) is 4.79 Å². The lowest BCUT2D eigenvalue weighted by Gasteiger charge is -2.31. The lowest BCUT2D eigenvalue weighted by atomic mass is 10.1. The first kappa shape index (κ1) is 22.9. The molecule has 26 heavy (non-hydrogen) atoms. The van der Waals surface area contributed by atoms with E-state index in [1.807, 2.05) is 35.2 Å². The van der Waals surface area contributed by atoms with Crippen molar-refractivity contribution in [2.75, 3.05) is 26.2 Å². The van der Waals surface area contributed by atoms with Gasteiger partial charge < -0.3 is 15.4 Å². The van der Waals surface area contributed by atoms with Crippen LogP contribution in [0.15, 0.2) is 36.5 Å². The average molecular weight is 418 g/mol. The summed E-state index contributed by atoms with van der Waals surface area (Å²) in [6.45, 7) is 2.85. The monoisotopic (exact) mass is 417 g/mol. The summed E-state index contributed by atoms with van der Waals surface area (Å²) in [6.07, 6.45) is 4.62. The largest absolute Gasteiger partial charge is 0.378 e. The lowest BCUT2D eigenvalue weighted by Crippen LogP contribution is -2.40. The number of hydrogen-bond donors (Lipinski definition) is 1. The van der Waals surface area contributed by atoms with Crippen molar-refractivity contribution in [3.8, 4) is 10.6 Å². The first-order valence-corrected chi connectivity index (χ1v) is 9.22. The second-order valence-corrected chi connectivity index (χ2v) is 6.93. The zero-order valence-corrected chi connectivity index (χ0v) is 17.0. The van der Waals surface area contributed by atoms with E-state index in [0.29, 0.717) is 18.0 Å². The fourth-order valence-electron chi connectivity index (χ4n) is 2.80. The van der Waals surface area contributed by atoms with E-state index < -0.39 is 0 Å². The molecule has 0 spiro atoms. The first-order valence-electron chi connectivity index (χ1n) is 8.40. The third-order valence-corrected chi connectivity index (χ3v) is 5.20. The van der Waals surface area contributed by atoms with Crippen LogP contribution in [0.2, 0.25) is 0 Å². The number of carbonyl (C=O) groups is 1. The van der Waals surface area contributed by atoms with E-state index in [2.05, 4.69) is 4.98 Å². The third-order valence-electron chi connectivity index (χ3n) is 4.17. The topological polar surface area (TPSA) is 68.5 Å². The molecule has 1 aromatic carbocycles. The molecule has 8 heteroatoms. The zero-order valence-electron chi connectivity index (χ0n) is 14.5. The molecule has 1 aliphatic heterocycles. The maximum Gasteiger partial charge on any atom is 0.265 e. The number of thiazole rings is 1. The number of aromatic nitrogens is 1. The molecule has 0 aliphatic carbocycles. The highest BCUT2D eigenvalue weighted by Gasteiger charge is 2.25. The molecule has 0 radical (unpaired) electrons. The molecule has 2 heterocycles. The van der Waals surface area contributed by atoms with E-state index in [4.69, 9.17) is 10.5 Å². The highest BCUT2D eigenvalue weighted by Crippen LogP contribution is 2.26. The van der Waals surface area contributed by atoms with Gasteiger partial charge in [-0.25, -0.2) is 4.98 Å². The van der Waals surface area contributed by atoms with Gasteiger partial charge in [-0.3, -0.25) is 4.79 Å². The van der Waals surface area contributed by atoms with Gasteiger partial charge in [-0.15, -0.1) is 36.2 Å². The molecule has 0 bridgehead atoms. The number of carbonyl (C=O) groups excluding carboxylic acids is 1. The van der Waals surface area contributed by atoms with Crippen molar-refractivity contribution >= 4 is 42.1 Å². The van der Waals surface area contributed by atoms with E-state index in [1.54, 1.807) is 6.20 Å². The van der Waals surface area contributed by atoms with Gasteiger partial charge in [0.2, 0.25) is 0 Å². The molecule has 2 aromatic rings. The molecular weight excluding hydrogens is 393 g/mol. The van der Waals surface area contributed by atoms with E-state index in [-0.39, 0.29) is 36.8 Å². The highest BCUT2D eigenvalue weighted by molar-refractivity contribution is 7.16. The summed E-state index contributed by atoms with van der Waals surface area (Å²) < 4.78 is 5.79. The Hall–Kier alpha value is -1.18. The van der Waals surface area contributed by atoms with Crippen LogP contribution in [0.3, 0.4) is 0 Å². The molecule has 0 unspecified atom stereocenters. The summed E-state index contributed by atoms with van der Waals surface area (Å²) in [7, 11) is 0. The quantitative estimate of drug-likeness (QED) is 0.728. The van der Waals surface area contributed by atoms with Gasteiger partial charge in [0.15, 0.2) is 0 Å². The van der Waals surface area contributed by atoms with Crippen LogP contribution in [0, 0.1) is 0 Å². The first-order chi connectivity index (χ1) is 11.8. The van der Waals surface area contributed by atoms with Crippen molar-refractivity contribution in [1.82, 2.24) is 9.88 Å². The van der Waals surface area contributed by atoms with Crippen LogP contribution in [0.1, 0.15) is 28.9 Å². The van der Waals surface area contributed by atoms with Gasteiger partial charge in [-0.05, 0) is 25.8 Å². The minimum absolute atomic E-state index is 0. The highest BCUT2D eigenvalue weighted by atomic mass is 35.5. The Morgan fingerprint density at radius 1 is 1.23 bits per heavy atom. The average Bonchev–Trinajstić information content (AvgIpc) is 3.13. The summed E-state index contributed by atoms with van der Waals surface area (Å²) in [5.74, 6) is 0.0788. The number of halogens is 2. The Balaban J connectivity index is 0.00000169. The molecule has 1 fully saturated rings. The maximum atomic E-state index is 12.7. The van der Waals surface area contributed by atoms with Crippen molar-refractivity contribution in [3.63, 3.8) is 0 Å². The summed E-state index contributed by atoms with van der Waals surface area (Å²) in [5.41, 5.74) is 6.53. The van der Waals surface area contributed by atoms with Gasteiger partial charge in [-0.1, -0.05) is 30.3 Å². The zero-order chi connectivity index (χ0) is 16.8. The van der Waals surface area contributed by atoms with Crippen LogP contribution in [0.4, 0.5) is 0 Å². The van der Waals surface area contributed by atoms with Gasteiger partial charge in [0.1, 0.15) is 9.88 Å². The molecule has 144 valence electrons. The van der Waals surface area contributed by atoms with Crippen molar-refractivity contribution < 1.29 is 9.53 Å². The molecule has 5 nitrogen and oxygen atoms in total. The van der Waals surface area contributed by atoms with Crippen LogP contribution in [0.25, 0.3) is 10.6 Å². The smallest absolute Gasteiger partial charge is 0.265 e. The second-order valence-electron chi connectivity index (χ2n) is 5.90. The fourth-order valence-corrected chi connectivity index (χ4v) is 3.69. The Labute approximate surface area is 170 Å². The summed E-state index contributed by atoms with van der Waals surface area (Å²) in [5, 5.41) is 0.888. The summed E-state index contributed by atoms with van der Waals surface area (Å²) in [6, 6.07) is 9.96. The van der Waals surface area contributed by atoms with E-state index in [1.165, 1.54) is 11.3 Å². The van der Waals surface area contributed by atoms with Crippen molar-refractivity contribution in [3.05, 3.63) is 41.4 Å². The van der Waals surface area contributed by atoms with Gasteiger partial charge in [0.05, 0.1) is 12.3 Å². The summed E-state index contributed by atoms with van der Waals surface area (Å²) >= 11 is 1.46. The molecule has 0 saturated carbocycles. The number of ether oxygens (including phenoxy) is 1. The molecule has 2 N–H and O–H groups in total. The van der Waals surface area contributed by atoms with Gasteiger partial charge >= 0.3 is 0 Å². The number of nitrogens with zero attached hydrogens (tertiary/aromatic N) is 2. The fraction of sp³-hybridized carbons (Fsp3) is 0.444. The Morgan fingerprint density at radius 3 is 2.58 bits per heavy atom. The number of amides is 1. The van der Waals surface area contributed by atoms with E-state index in [0.717, 1.165) is 42.9 Å². The van der Waals surface area contributed by atoms with Crippen molar-refractivity contribution in [2.45, 2.75) is 25.4 Å². The summed E-state index contributed by atoms with van der Waals surface area (Å²) in [4.78, 5) is 19.7. The number of hydrogen-bond acceptors (Lipinski definition) is 5. The molecular formula is C18H25Cl2N3O2S. The van der Waals surface area contributed by atoms with Crippen molar-refractivity contribution in [2.24, 2.45) is 5.73 Å². The number of piperidine rings is 1. The Bertz CT molecular complexity index is 661. The number of rotatable bonds is 6. The SMILES string of the molecule is Cl.Cl.NCCCOC1CCN(C(=O)c2cnc(-c3ccccc3)s2)CC1. The minimum atomic E-state index is 0. The second kappa shape index (κ2) is 11.5. The van der Waals surface area contributed by atoms with Gasteiger partial charge in [-0.2, -0.15) is 0 Å². The number of nitrogens with two attached hydrogens (primary N) is 1. The third kappa shape index (κ3) is 5.93. The lowest BCUT2D eigenvalue weighted by molar-refractivity contribution is 0.00857. The van der Waals surface area contributed by atoms with Gasteiger partial charge in [0, 0.05) is 25.3 Å². The molecule has 3 rings (SSSR count). The predicted octanol–water partition coefficient (Wildman–Crippen LogP) is 3.62. The molecule has 1 saturated heterocycles. The normalized spacial score (nSPS) is 14.4. The van der Waals surface area contributed by atoms with Gasteiger partial charge in [0.25, 0.3) is 5.91 Å². The Kier molecular flexibility index (Phi) is 10.1. The van der Waals surface area contributed by atoms with Crippen LogP contribution in [-0.4, -0.2) is 48.1 Å².